The van der Waals surface area contributed by atoms with Crippen LogP contribution in [-0.4, -0.2) is 60.2 Å². The molecular weight excluding hydrogens is 497 g/mol. The Kier molecular flexibility index (Phi) is 7.77. The molecular formula is C24H30Cl3N5O2. The summed E-state index contributed by atoms with van der Waals surface area (Å²) in [7, 11) is 0. The van der Waals surface area contributed by atoms with E-state index >= 15 is 0 Å². The van der Waals surface area contributed by atoms with E-state index in [1.54, 1.807) is 6.07 Å². The van der Waals surface area contributed by atoms with Crippen LogP contribution in [0.5, 0.6) is 0 Å². The Morgan fingerprint density at radius 3 is 2.71 bits per heavy atom. The van der Waals surface area contributed by atoms with Crippen LogP contribution in [0.25, 0.3) is 0 Å². The number of halogens is 3. The minimum Gasteiger partial charge on any atom is -0.465 e. The van der Waals surface area contributed by atoms with Crippen LogP contribution in [0.15, 0.2) is 18.2 Å². The van der Waals surface area contributed by atoms with E-state index in [4.69, 9.17) is 44.5 Å². The van der Waals surface area contributed by atoms with E-state index in [9.17, 15) is 4.79 Å². The van der Waals surface area contributed by atoms with Gasteiger partial charge in [0.25, 0.3) is 0 Å². The van der Waals surface area contributed by atoms with Crippen LogP contribution in [-0.2, 0) is 9.53 Å². The molecule has 4 rings (SSSR count). The lowest BCUT2D eigenvalue weighted by Gasteiger charge is -2.54. The van der Waals surface area contributed by atoms with Gasteiger partial charge in [0.1, 0.15) is 5.02 Å². The number of nitrogens with zero attached hydrogens (tertiary/aromatic N) is 4. The summed E-state index contributed by atoms with van der Waals surface area (Å²) >= 11 is 19.0. The lowest BCUT2D eigenvalue weighted by Crippen LogP contribution is -2.63. The SMILES string of the molecule is CCOC(=O)CN1CCCC2(C1)CN(c1nc(C)c(Cl)c(N[C@H](C)c3ccc(Cl)cc3Cl)n1)C2. The minimum atomic E-state index is -0.155. The normalized spacial score (nSPS) is 18.5. The second kappa shape index (κ2) is 10.4. The van der Waals surface area contributed by atoms with Gasteiger partial charge in [-0.05, 0) is 57.9 Å². The Morgan fingerprint density at radius 2 is 2.00 bits per heavy atom. The zero-order valence-corrected chi connectivity index (χ0v) is 22.0. The van der Waals surface area contributed by atoms with Gasteiger partial charge < -0.3 is 15.0 Å². The molecule has 3 heterocycles. The molecule has 0 amide bonds. The fourth-order valence-electron chi connectivity index (χ4n) is 4.91. The number of anilines is 2. The van der Waals surface area contributed by atoms with Crippen molar-refractivity contribution in [1.82, 2.24) is 14.9 Å². The van der Waals surface area contributed by atoms with E-state index in [0.29, 0.717) is 40.0 Å². The molecule has 1 aromatic heterocycles. The molecule has 0 radical (unpaired) electrons. The van der Waals surface area contributed by atoms with Crippen LogP contribution in [0.3, 0.4) is 0 Å². The molecule has 0 bridgehead atoms. The zero-order valence-electron chi connectivity index (χ0n) is 19.7. The fourth-order valence-corrected chi connectivity index (χ4v) is 5.63. The molecule has 7 nitrogen and oxygen atoms in total. The van der Waals surface area contributed by atoms with Crippen LogP contribution >= 0.6 is 34.8 Å². The van der Waals surface area contributed by atoms with Crippen LogP contribution in [0.1, 0.15) is 44.0 Å². The molecule has 2 aromatic rings. The number of ether oxygens (including phenoxy) is 1. The van der Waals surface area contributed by atoms with Crippen molar-refractivity contribution in [1.29, 1.82) is 0 Å². The number of hydrogen-bond acceptors (Lipinski definition) is 7. The van der Waals surface area contributed by atoms with Gasteiger partial charge in [0.15, 0.2) is 5.82 Å². The van der Waals surface area contributed by atoms with Gasteiger partial charge in [-0.1, -0.05) is 40.9 Å². The molecule has 1 spiro atoms. The largest absolute Gasteiger partial charge is 0.465 e. The van der Waals surface area contributed by atoms with E-state index in [0.717, 1.165) is 50.3 Å². The van der Waals surface area contributed by atoms with Gasteiger partial charge in [-0.25, -0.2) is 4.98 Å². The Labute approximate surface area is 215 Å². The molecule has 0 saturated carbocycles. The second-order valence-electron chi connectivity index (χ2n) is 9.28. The maximum atomic E-state index is 11.9. The number of likely N-dealkylation sites (tertiary alicyclic amines) is 1. The fraction of sp³-hybridized carbons (Fsp3) is 0.542. The van der Waals surface area contributed by atoms with Crippen LogP contribution in [0, 0.1) is 12.3 Å². The first-order valence-corrected chi connectivity index (χ1v) is 12.7. The number of aromatic nitrogens is 2. The van der Waals surface area contributed by atoms with Crippen molar-refractivity contribution in [3.8, 4) is 0 Å². The van der Waals surface area contributed by atoms with Gasteiger partial charge in [-0.2, -0.15) is 4.98 Å². The predicted octanol–water partition coefficient (Wildman–Crippen LogP) is 5.38. The first kappa shape index (κ1) is 25.3. The van der Waals surface area contributed by atoms with Gasteiger partial charge in [0.2, 0.25) is 5.95 Å². The summed E-state index contributed by atoms with van der Waals surface area (Å²) in [5.74, 6) is 1.08. The third kappa shape index (κ3) is 5.54. The summed E-state index contributed by atoms with van der Waals surface area (Å²) in [5, 5.41) is 5.06. The van der Waals surface area contributed by atoms with Crippen LogP contribution in [0.4, 0.5) is 11.8 Å². The molecule has 2 aliphatic rings. The maximum absolute atomic E-state index is 11.9. The van der Waals surface area contributed by atoms with E-state index in [2.05, 4.69) is 20.1 Å². The van der Waals surface area contributed by atoms with E-state index in [1.165, 1.54) is 0 Å². The van der Waals surface area contributed by atoms with Crippen molar-refractivity contribution in [3.05, 3.63) is 44.5 Å². The molecule has 1 N–H and O–H groups in total. The Morgan fingerprint density at radius 1 is 1.24 bits per heavy atom. The van der Waals surface area contributed by atoms with Gasteiger partial charge in [0.05, 0.1) is 24.9 Å². The molecule has 10 heteroatoms. The molecule has 34 heavy (non-hydrogen) atoms. The third-order valence-electron chi connectivity index (χ3n) is 6.52. The highest BCUT2D eigenvalue weighted by Gasteiger charge is 2.47. The number of piperidine rings is 1. The molecule has 2 saturated heterocycles. The van der Waals surface area contributed by atoms with Crippen molar-refractivity contribution >= 4 is 52.5 Å². The third-order valence-corrected chi connectivity index (χ3v) is 7.54. The molecule has 0 unspecified atom stereocenters. The van der Waals surface area contributed by atoms with Crippen molar-refractivity contribution in [2.24, 2.45) is 5.41 Å². The topological polar surface area (TPSA) is 70.6 Å². The van der Waals surface area contributed by atoms with Crippen molar-refractivity contribution in [2.45, 2.75) is 39.7 Å². The Balaban J connectivity index is 1.44. The number of aryl methyl sites for hydroxylation is 1. The average molecular weight is 527 g/mol. The lowest BCUT2D eigenvalue weighted by molar-refractivity contribution is -0.145. The monoisotopic (exact) mass is 525 g/mol. The number of carbonyl (C=O) groups excluding carboxylic acids is 1. The summed E-state index contributed by atoms with van der Waals surface area (Å²) in [6.45, 7) is 10.0. The minimum absolute atomic E-state index is 0.123. The molecule has 2 fully saturated rings. The first-order chi connectivity index (χ1) is 16.2. The maximum Gasteiger partial charge on any atom is 0.320 e. The van der Waals surface area contributed by atoms with Crippen LogP contribution < -0.4 is 10.2 Å². The highest BCUT2D eigenvalue weighted by atomic mass is 35.5. The summed E-state index contributed by atoms with van der Waals surface area (Å²) < 4.78 is 5.12. The van der Waals surface area contributed by atoms with E-state index in [1.807, 2.05) is 32.9 Å². The molecule has 2 aliphatic heterocycles. The zero-order chi connectivity index (χ0) is 24.5. The van der Waals surface area contributed by atoms with Gasteiger partial charge in [-0.15, -0.1) is 0 Å². The number of esters is 1. The Hall–Kier alpha value is -1.80. The van der Waals surface area contributed by atoms with Gasteiger partial charge >= 0.3 is 5.97 Å². The number of carbonyl (C=O) groups is 1. The first-order valence-electron chi connectivity index (χ1n) is 11.6. The number of hydrogen-bond donors (Lipinski definition) is 1. The summed E-state index contributed by atoms with van der Waals surface area (Å²) in [6.07, 6.45) is 2.20. The standard InChI is InChI=1S/C24H30Cl3N5O2/c1-4-34-20(33)11-31-9-5-8-24(12-31)13-32(14-24)23-29-16(3)21(27)22(30-23)28-15(2)18-7-6-17(25)10-19(18)26/h6-7,10,15H,4-5,8-9,11-14H2,1-3H3,(H,28,29,30)/t15-/m1/s1. The van der Waals surface area contributed by atoms with Crippen molar-refractivity contribution < 1.29 is 9.53 Å². The highest BCUT2D eigenvalue weighted by Crippen LogP contribution is 2.41. The van der Waals surface area contributed by atoms with Crippen molar-refractivity contribution in [3.63, 3.8) is 0 Å². The highest BCUT2D eigenvalue weighted by molar-refractivity contribution is 6.35. The number of nitrogens with one attached hydrogen (secondary N) is 1. The average Bonchev–Trinajstić information content (AvgIpc) is 2.75. The smallest absolute Gasteiger partial charge is 0.320 e. The van der Waals surface area contributed by atoms with Gasteiger partial charge in [0, 0.05) is 35.1 Å². The van der Waals surface area contributed by atoms with Crippen LogP contribution in [0.2, 0.25) is 15.1 Å². The number of benzene rings is 1. The Bertz CT molecular complexity index is 1060. The summed E-state index contributed by atoms with van der Waals surface area (Å²) in [6, 6.07) is 5.31. The molecule has 184 valence electrons. The second-order valence-corrected chi connectivity index (χ2v) is 10.5. The summed E-state index contributed by atoms with van der Waals surface area (Å²) in [4.78, 5) is 25.7. The molecule has 1 atom stereocenters. The van der Waals surface area contributed by atoms with E-state index in [-0.39, 0.29) is 17.4 Å². The van der Waals surface area contributed by atoms with Gasteiger partial charge in [-0.3, -0.25) is 9.69 Å². The number of rotatable bonds is 7. The molecule has 1 aromatic carbocycles. The molecule has 0 aliphatic carbocycles. The predicted molar refractivity (Wildman–Crippen MR) is 137 cm³/mol. The van der Waals surface area contributed by atoms with E-state index < -0.39 is 0 Å². The summed E-state index contributed by atoms with van der Waals surface area (Å²) in [5.41, 5.74) is 1.78. The quantitative estimate of drug-likeness (QED) is 0.485. The lowest BCUT2D eigenvalue weighted by atomic mass is 9.73. The van der Waals surface area contributed by atoms with Crippen molar-refractivity contribution in [2.75, 3.05) is 49.5 Å².